The third-order valence-electron chi connectivity index (χ3n) is 2.74. The first kappa shape index (κ1) is 9.87. The van der Waals surface area contributed by atoms with Gasteiger partial charge < -0.3 is 4.90 Å². The third kappa shape index (κ3) is 2.22. The summed E-state index contributed by atoms with van der Waals surface area (Å²) in [4.78, 5) is 5.17. The van der Waals surface area contributed by atoms with Crippen molar-refractivity contribution in [3.05, 3.63) is 40.3 Å². The van der Waals surface area contributed by atoms with E-state index >= 15 is 0 Å². The van der Waals surface area contributed by atoms with Crippen LogP contribution in [-0.4, -0.2) is 13.1 Å². The van der Waals surface area contributed by atoms with Crippen molar-refractivity contribution in [3.63, 3.8) is 0 Å². The van der Waals surface area contributed by atoms with Gasteiger partial charge in [-0.25, -0.2) is 0 Å². The maximum Gasteiger partial charge on any atom is 0.0531 e. The molecule has 78 valence electrons. The second-order valence-corrected chi connectivity index (χ2v) is 3.71. The highest BCUT2D eigenvalue weighted by Gasteiger charge is 2.14. The summed E-state index contributed by atoms with van der Waals surface area (Å²) in [7, 11) is 0. The van der Waals surface area contributed by atoms with Crippen molar-refractivity contribution < 1.29 is 0 Å². The van der Waals surface area contributed by atoms with E-state index in [0.29, 0.717) is 6.54 Å². The molecule has 1 aliphatic heterocycles. The van der Waals surface area contributed by atoms with Crippen LogP contribution in [0.1, 0.15) is 18.4 Å². The summed E-state index contributed by atoms with van der Waals surface area (Å²) in [5, 5.41) is 3.63. The van der Waals surface area contributed by atoms with E-state index in [1.54, 1.807) is 0 Å². The van der Waals surface area contributed by atoms with Crippen molar-refractivity contribution in [2.75, 3.05) is 18.0 Å². The lowest BCUT2D eigenvalue weighted by molar-refractivity contribution is 0.937. The van der Waals surface area contributed by atoms with E-state index in [1.165, 1.54) is 18.5 Å². The maximum atomic E-state index is 8.33. The lowest BCUT2D eigenvalue weighted by atomic mass is 10.1. The summed E-state index contributed by atoms with van der Waals surface area (Å²) in [6.07, 6.45) is 2.52. The van der Waals surface area contributed by atoms with E-state index < -0.39 is 0 Å². The standard InChI is InChI=1S/C11H14N4/c12-14-13-9-10-5-1-2-6-11(10)15-7-3-4-8-15/h1-2,5-6H,3-4,7-9H2. The molecule has 0 atom stereocenters. The van der Waals surface area contributed by atoms with Crippen molar-refractivity contribution in [1.82, 2.24) is 0 Å². The number of nitrogens with zero attached hydrogens (tertiary/aromatic N) is 4. The first-order valence-electron chi connectivity index (χ1n) is 5.25. The second kappa shape index (κ2) is 4.71. The van der Waals surface area contributed by atoms with E-state index in [1.807, 2.05) is 18.2 Å². The molecule has 4 nitrogen and oxygen atoms in total. The van der Waals surface area contributed by atoms with Gasteiger partial charge in [-0.15, -0.1) is 0 Å². The third-order valence-corrected chi connectivity index (χ3v) is 2.74. The summed E-state index contributed by atoms with van der Waals surface area (Å²) in [5.41, 5.74) is 10.7. The number of benzene rings is 1. The predicted molar refractivity (Wildman–Crippen MR) is 60.7 cm³/mol. The number of anilines is 1. The normalized spacial score (nSPS) is 15.1. The minimum atomic E-state index is 0.448. The van der Waals surface area contributed by atoms with Crippen molar-refractivity contribution in [3.8, 4) is 0 Å². The maximum absolute atomic E-state index is 8.33. The van der Waals surface area contributed by atoms with Gasteiger partial charge in [0.05, 0.1) is 6.54 Å². The first-order valence-corrected chi connectivity index (χ1v) is 5.25. The van der Waals surface area contributed by atoms with Gasteiger partial charge in [-0.05, 0) is 30.0 Å². The molecular weight excluding hydrogens is 188 g/mol. The zero-order valence-electron chi connectivity index (χ0n) is 8.63. The Kier molecular flexibility index (Phi) is 3.10. The van der Waals surface area contributed by atoms with Crippen molar-refractivity contribution in [2.45, 2.75) is 19.4 Å². The Hall–Kier alpha value is -1.67. The molecule has 0 bridgehead atoms. The summed E-state index contributed by atoms with van der Waals surface area (Å²) >= 11 is 0. The van der Waals surface area contributed by atoms with Gasteiger partial charge in [-0.3, -0.25) is 0 Å². The zero-order valence-corrected chi connectivity index (χ0v) is 8.63. The quantitative estimate of drug-likeness (QED) is 0.422. The van der Waals surface area contributed by atoms with Gasteiger partial charge in [0.2, 0.25) is 0 Å². The first-order chi connectivity index (χ1) is 7.42. The molecule has 0 aliphatic carbocycles. The lowest BCUT2D eigenvalue weighted by Crippen LogP contribution is -2.18. The molecule has 0 spiro atoms. The van der Waals surface area contributed by atoms with Crippen molar-refractivity contribution >= 4 is 5.69 Å². The summed E-state index contributed by atoms with van der Waals surface area (Å²) < 4.78 is 0. The van der Waals surface area contributed by atoms with Crippen LogP contribution in [0.5, 0.6) is 0 Å². The van der Waals surface area contributed by atoms with Gasteiger partial charge in [0, 0.05) is 23.7 Å². The smallest absolute Gasteiger partial charge is 0.0531 e. The summed E-state index contributed by atoms with van der Waals surface area (Å²) in [6.45, 7) is 2.68. The monoisotopic (exact) mass is 202 g/mol. The van der Waals surface area contributed by atoms with E-state index in [9.17, 15) is 0 Å². The number of hydrogen-bond acceptors (Lipinski definition) is 2. The largest absolute Gasteiger partial charge is 0.371 e. The lowest BCUT2D eigenvalue weighted by Gasteiger charge is -2.20. The Balaban J connectivity index is 2.23. The van der Waals surface area contributed by atoms with Crippen LogP contribution in [0.15, 0.2) is 29.4 Å². The van der Waals surface area contributed by atoms with Gasteiger partial charge in [0.15, 0.2) is 0 Å². The van der Waals surface area contributed by atoms with Crippen LogP contribution in [-0.2, 0) is 6.54 Å². The topological polar surface area (TPSA) is 52.0 Å². The molecular formula is C11H14N4. The highest BCUT2D eigenvalue weighted by Crippen LogP contribution is 2.24. The molecule has 2 rings (SSSR count). The minimum Gasteiger partial charge on any atom is -0.371 e. The van der Waals surface area contributed by atoms with Gasteiger partial charge in [-0.2, -0.15) is 0 Å². The zero-order chi connectivity index (χ0) is 10.5. The van der Waals surface area contributed by atoms with Crippen molar-refractivity contribution in [1.29, 1.82) is 0 Å². The van der Waals surface area contributed by atoms with Gasteiger partial charge >= 0.3 is 0 Å². The number of rotatable bonds is 3. The Morgan fingerprint density at radius 3 is 2.73 bits per heavy atom. The molecule has 1 aromatic carbocycles. The van der Waals surface area contributed by atoms with E-state index in [2.05, 4.69) is 21.0 Å². The average molecular weight is 202 g/mol. The molecule has 1 fully saturated rings. The molecule has 0 amide bonds. The molecule has 0 radical (unpaired) electrons. The molecule has 1 heterocycles. The molecule has 1 aliphatic rings. The Bertz CT molecular complexity index is 376. The van der Waals surface area contributed by atoms with Crippen LogP contribution in [0.25, 0.3) is 10.4 Å². The molecule has 0 saturated carbocycles. The van der Waals surface area contributed by atoms with Crippen LogP contribution in [0.4, 0.5) is 5.69 Å². The van der Waals surface area contributed by atoms with Gasteiger partial charge in [-0.1, -0.05) is 23.3 Å². The molecule has 0 unspecified atom stereocenters. The highest BCUT2D eigenvalue weighted by molar-refractivity contribution is 5.54. The van der Waals surface area contributed by atoms with Crippen molar-refractivity contribution in [2.24, 2.45) is 5.11 Å². The SMILES string of the molecule is [N-]=[N+]=NCc1ccccc1N1CCCC1. The molecule has 4 heteroatoms. The average Bonchev–Trinajstić information content (AvgIpc) is 2.80. The Morgan fingerprint density at radius 2 is 2.00 bits per heavy atom. The summed E-state index contributed by atoms with van der Waals surface area (Å²) in [6, 6.07) is 8.16. The van der Waals surface area contributed by atoms with Gasteiger partial charge in [0.25, 0.3) is 0 Å². The van der Waals surface area contributed by atoms with E-state index in [0.717, 1.165) is 18.7 Å². The molecule has 0 aromatic heterocycles. The molecule has 1 saturated heterocycles. The number of hydrogen-bond donors (Lipinski definition) is 0. The van der Waals surface area contributed by atoms with E-state index in [-0.39, 0.29) is 0 Å². The summed E-state index contributed by atoms with van der Waals surface area (Å²) in [5.74, 6) is 0. The number of para-hydroxylation sites is 1. The number of azide groups is 1. The predicted octanol–water partition coefficient (Wildman–Crippen LogP) is 3.10. The Morgan fingerprint density at radius 1 is 1.27 bits per heavy atom. The molecule has 15 heavy (non-hydrogen) atoms. The van der Waals surface area contributed by atoms with Crippen LogP contribution < -0.4 is 4.90 Å². The second-order valence-electron chi connectivity index (χ2n) is 3.71. The fourth-order valence-corrected chi connectivity index (χ4v) is 2.02. The Labute approximate surface area is 89.1 Å². The van der Waals surface area contributed by atoms with Crippen LogP contribution >= 0.6 is 0 Å². The molecule has 1 aromatic rings. The van der Waals surface area contributed by atoms with E-state index in [4.69, 9.17) is 5.53 Å². The molecule has 0 N–H and O–H groups in total. The van der Waals surface area contributed by atoms with Crippen LogP contribution in [0, 0.1) is 0 Å². The van der Waals surface area contributed by atoms with Crippen LogP contribution in [0.2, 0.25) is 0 Å². The highest BCUT2D eigenvalue weighted by atomic mass is 15.2. The minimum absolute atomic E-state index is 0.448. The fourth-order valence-electron chi connectivity index (χ4n) is 2.02. The van der Waals surface area contributed by atoms with Crippen LogP contribution in [0.3, 0.4) is 0 Å². The van der Waals surface area contributed by atoms with Gasteiger partial charge in [0.1, 0.15) is 0 Å². The fraction of sp³-hybridized carbons (Fsp3) is 0.455.